The van der Waals surface area contributed by atoms with Gasteiger partial charge in [-0.1, -0.05) is 30.3 Å². The molecule has 2 aromatic rings. The van der Waals surface area contributed by atoms with E-state index in [0.29, 0.717) is 36.2 Å². The van der Waals surface area contributed by atoms with Crippen LogP contribution in [0.2, 0.25) is 0 Å². The van der Waals surface area contributed by atoms with E-state index in [4.69, 9.17) is 26.4 Å². The maximum Gasteiger partial charge on any atom is 0.414 e. The minimum atomic E-state index is -0.377. The van der Waals surface area contributed by atoms with Crippen LogP contribution in [0.4, 0.5) is 10.5 Å². The third-order valence-corrected chi connectivity index (χ3v) is 6.11. The summed E-state index contributed by atoms with van der Waals surface area (Å²) < 4.78 is 16.5. The Morgan fingerprint density at radius 3 is 2.44 bits per heavy atom. The number of hydrogen-bond acceptors (Lipinski definition) is 5. The van der Waals surface area contributed by atoms with Crippen molar-refractivity contribution in [1.29, 1.82) is 0 Å². The third-order valence-electron chi connectivity index (χ3n) is 5.67. The molecule has 2 aromatic carbocycles. The van der Waals surface area contributed by atoms with Gasteiger partial charge >= 0.3 is 6.09 Å². The maximum atomic E-state index is 12.9. The first-order valence-corrected chi connectivity index (χ1v) is 11.1. The second-order valence-electron chi connectivity index (χ2n) is 7.60. The highest BCUT2D eigenvalue weighted by molar-refractivity contribution is 7.80. The molecule has 1 N–H and O–H groups in total. The molecule has 1 aliphatic heterocycles. The highest BCUT2D eigenvalue weighted by Gasteiger charge is 2.39. The Balaban J connectivity index is 2.14. The van der Waals surface area contributed by atoms with Gasteiger partial charge in [-0.3, -0.25) is 4.90 Å². The summed E-state index contributed by atoms with van der Waals surface area (Å²) in [7, 11) is 5.02. The molecule has 2 atom stereocenters. The average Bonchev–Trinajstić information content (AvgIpc) is 2.81. The van der Waals surface area contributed by atoms with Crippen LogP contribution < -0.4 is 19.7 Å². The number of carbonyl (C=O) groups is 1. The lowest BCUT2D eigenvalue weighted by Crippen LogP contribution is -2.49. The first-order valence-electron chi connectivity index (χ1n) is 10.7. The summed E-state index contributed by atoms with van der Waals surface area (Å²) in [6, 6.07) is 13.8. The number of benzene rings is 2. The molecule has 0 spiro atoms. The van der Waals surface area contributed by atoms with Gasteiger partial charge in [-0.25, -0.2) is 4.79 Å². The van der Waals surface area contributed by atoms with E-state index in [1.807, 2.05) is 44.3 Å². The third kappa shape index (κ3) is 4.75. The van der Waals surface area contributed by atoms with Gasteiger partial charge in [-0.05, 0) is 44.1 Å². The molecule has 0 saturated carbocycles. The smallest absolute Gasteiger partial charge is 0.414 e. The van der Waals surface area contributed by atoms with E-state index < -0.39 is 0 Å². The lowest BCUT2D eigenvalue weighted by Gasteiger charge is -2.44. The number of fused-ring (bicyclic) bond motifs is 1. The van der Waals surface area contributed by atoms with Crippen molar-refractivity contribution in [2.75, 3.05) is 32.8 Å². The second kappa shape index (κ2) is 10.5. The topological polar surface area (TPSA) is 63.3 Å². The number of nitrogens with zero attached hydrogens (tertiary/aromatic N) is 2. The number of carbonyl (C=O) groups excluding carboxylic acids is 1. The number of hydrogen-bond donors (Lipinski definition) is 1. The summed E-state index contributed by atoms with van der Waals surface area (Å²) in [6.45, 7) is 4.76. The Labute approximate surface area is 195 Å². The molecule has 0 fully saturated rings. The van der Waals surface area contributed by atoms with Crippen LogP contribution in [0.5, 0.6) is 11.5 Å². The van der Waals surface area contributed by atoms with Gasteiger partial charge in [0.25, 0.3) is 0 Å². The SMILES string of the molecule is CCOC(=O)N1c2cc(OC)c(OC)cc2C(N(Cc2ccccc2)C(=S)NC)CC1C. The Bertz CT molecular complexity index is 954. The lowest BCUT2D eigenvalue weighted by molar-refractivity contribution is 0.153. The fourth-order valence-corrected chi connectivity index (χ4v) is 4.36. The molecular formula is C24H31N3O4S. The molecule has 1 amide bonds. The molecule has 8 heteroatoms. The molecule has 0 bridgehead atoms. The first-order chi connectivity index (χ1) is 15.4. The van der Waals surface area contributed by atoms with Crippen LogP contribution in [0.15, 0.2) is 42.5 Å². The Morgan fingerprint density at radius 2 is 1.84 bits per heavy atom. The van der Waals surface area contributed by atoms with E-state index in [2.05, 4.69) is 22.3 Å². The standard InChI is InChI=1S/C24H31N3O4S/c1-6-31-24(28)27-16(2)12-19(18-13-21(29-4)22(30-5)14-20(18)27)26(23(32)25-3)15-17-10-8-7-9-11-17/h7-11,13-14,16,19H,6,12,15H2,1-5H3,(H,25,32). The fourth-order valence-electron chi connectivity index (χ4n) is 4.17. The number of amides is 1. The number of thiocarbonyl (C=S) groups is 1. The van der Waals surface area contributed by atoms with Crippen LogP contribution in [-0.4, -0.2) is 50.0 Å². The van der Waals surface area contributed by atoms with E-state index in [1.165, 1.54) is 0 Å². The molecule has 7 nitrogen and oxygen atoms in total. The zero-order valence-electron chi connectivity index (χ0n) is 19.3. The summed E-state index contributed by atoms with van der Waals surface area (Å²) in [6.07, 6.45) is 0.299. The van der Waals surface area contributed by atoms with Crippen molar-refractivity contribution in [2.24, 2.45) is 0 Å². The van der Waals surface area contributed by atoms with Crippen molar-refractivity contribution >= 4 is 29.1 Å². The van der Waals surface area contributed by atoms with Gasteiger partial charge in [0.05, 0.1) is 32.6 Å². The zero-order valence-corrected chi connectivity index (χ0v) is 20.1. The first kappa shape index (κ1) is 23.7. The number of ether oxygens (including phenoxy) is 3. The lowest BCUT2D eigenvalue weighted by atomic mass is 9.90. The predicted molar refractivity (Wildman–Crippen MR) is 130 cm³/mol. The van der Waals surface area contributed by atoms with E-state index in [9.17, 15) is 4.79 Å². The van der Waals surface area contributed by atoms with Crippen LogP contribution >= 0.6 is 12.2 Å². The normalized spacial score (nSPS) is 17.2. The van der Waals surface area contributed by atoms with E-state index in [0.717, 1.165) is 16.8 Å². The Morgan fingerprint density at radius 1 is 1.19 bits per heavy atom. The van der Waals surface area contributed by atoms with Crippen LogP contribution in [0, 0.1) is 0 Å². The van der Waals surface area contributed by atoms with E-state index in [-0.39, 0.29) is 18.2 Å². The highest BCUT2D eigenvalue weighted by atomic mass is 32.1. The van der Waals surface area contributed by atoms with Gasteiger partial charge in [-0.15, -0.1) is 0 Å². The van der Waals surface area contributed by atoms with Crippen LogP contribution in [0.3, 0.4) is 0 Å². The zero-order chi connectivity index (χ0) is 23.3. The van der Waals surface area contributed by atoms with Crippen molar-refractivity contribution in [2.45, 2.75) is 38.9 Å². The van der Waals surface area contributed by atoms with E-state index >= 15 is 0 Å². The maximum absolute atomic E-state index is 12.9. The summed E-state index contributed by atoms with van der Waals surface area (Å²) in [5, 5.41) is 3.77. The van der Waals surface area contributed by atoms with Crippen molar-refractivity contribution in [3.8, 4) is 11.5 Å². The molecule has 3 rings (SSSR count). The van der Waals surface area contributed by atoms with Gasteiger partial charge in [0, 0.05) is 31.3 Å². The predicted octanol–water partition coefficient (Wildman–Crippen LogP) is 4.51. The largest absolute Gasteiger partial charge is 0.493 e. The molecule has 0 aromatic heterocycles. The minimum Gasteiger partial charge on any atom is -0.493 e. The number of anilines is 1. The van der Waals surface area contributed by atoms with Crippen molar-refractivity contribution < 1.29 is 19.0 Å². The van der Waals surface area contributed by atoms with E-state index in [1.54, 1.807) is 26.0 Å². The van der Waals surface area contributed by atoms with Crippen LogP contribution in [0.1, 0.15) is 37.4 Å². The Kier molecular flexibility index (Phi) is 7.80. The van der Waals surface area contributed by atoms with Gasteiger partial charge < -0.3 is 24.4 Å². The fraction of sp³-hybridized carbons (Fsp3) is 0.417. The van der Waals surface area contributed by atoms with Crippen molar-refractivity contribution in [1.82, 2.24) is 10.2 Å². The summed E-state index contributed by atoms with van der Waals surface area (Å²) in [5.74, 6) is 1.16. The highest BCUT2D eigenvalue weighted by Crippen LogP contribution is 2.46. The van der Waals surface area contributed by atoms with Crippen LogP contribution in [0.25, 0.3) is 0 Å². The summed E-state index contributed by atoms with van der Waals surface area (Å²) in [4.78, 5) is 16.7. The molecule has 1 heterocycles. The monoisotopic (exact) mass is 457 g/mol. The molecule has 0 aliphatic carbocycles. The van der Waals surface area contributed by atoms with Crippen molar-refractivity contribution in [3.05, 3.63) is 53.6 Å². The quantitative estimate of drug-likeness (QED) is 0.641. The average molecular weight is 458 g/mol. The molecular weight excluding hydrogens is 426 g/mol. The minimum absolute atomic E-state index is 0.0781. The van der Waals surface area contributed by atoms with Gasteiger partial charge in [0.15, 0.2) is 16.6 Å². The molecule has 1 aliphatic rings. The Hall–Kier alpha value is -3.00. The second-order valence-corrected chi connectivity index (χ2v) is 7.99. The molecule has 2 unspecified atom stereocenters. The molecule has 0 radical (unpaired) electrons. The van der Waals surface area contributed by atoms with Gasteiger partial charge in [-0.2, -0.15) is 0 Å². The molecule has 0 saturated heterocycles. The summed E-state index contributed by atoms with van der Waals surface area (Å²) >= 11 is 5.71. The van der Waals surface area contributed by atoms with Gasteiger partial charge in [0.2, 0.25) is 0 Å². The molecule has 172 valence electrons. The number of rotatable bonds is 6. The van der Waals surface area contributed by atoms with Crippen molar-refractivity contribution in [3.63, 3.8) is 0 Å². The number of nitrogens with one attached hydrogen (secondary N) is 1. The molecule has 32 heavy (non-hydrogen) atoms. The van der Waals surface area contributed by atoms with Gasteiger partial charge in [0.1, 0.15) is 0 Å². The van der Waals surface area contributed by atoms with Crippen LogP contribution in [-0.2, 0) is 11.3 Å². The summed E-state index contributed by atoms with van der Waals surface area (Å²) in [5.41, 5.74) is 2.82. The number of methoxy groups -OCH3 is 2.